The van der Waals surface area contributed by atoms with Crippen molar-refractivity contribution in [2.24, 2.45) is 0 Å². The second-order valence-electron chi connectivity index (χ2n) is 4.55. The van der Waals surface area contributed by atoms with Gasteiger partial charge in [-0.3, -0.25) is 4.79 Å². The van der Waals surface area contributed by atoms with Crippen LogP contribution in [0.4, 0.5) is 5.69 Å². The molecule has 0 bridgehead atoms. The van der Waals surface area contributed by atoms with Gasteiger partial charge in [-0.05, 0) is 30.4 Å². The van der Waals surface area contributed by atoms with E-state index in [0.717, 1.165) is 24.9 Å². The van der Waals surface area contributed by atoms with E-state index < -0.39 is 0 Å². The number of amides is 1. The fourth-order valence-corrected chi connectivity index (χ4v) is 1.81. The molecule has 1 rings (SSSR count). The van der Waals surface area contributed by atoms with Crippen LogP contribution in [0.2, 0.25) is 0 Å². The largest absolute Gasteiger partial charge is 0.326 e. The van der Waals surface area contributed by atoms with E-state index in [0.29, 0.717) is 12.3 Å². The van der Waals surface area contributed by atoms with E-state index >= 15 is 0 Å². The Labute approximate surface area is 104 Å². The number of carbonyl (C=O) groups is 1. The van der Waals surface area contributed by atoms with Crippen LogP contribution in [0.3, 0.4) is 0 Å². The quantitative estimate of drug-likeness (QED) is 0.778. The van der Waals surface area contributed by atoms with Crippen molar-refractivity contribution in [3.05, 3.63) is 29.8 Å². The number of benzene rings is 1. The molecule has 0 radical (unpaired) electrons. The van der Waals surface area contributed by atoms with Gasteiger partial charge in [-0.25, -0.2) is 0 Å². The zero-order valence-corrected chi connectivity index (χ0v) is 11.1. The van der Waals surface area contributed by atoms with Crippen molar-refractivity contribution >= 4 is 11.6 Å². The van der Waals surface area contributed by atoms with Crippen LogP contribution < -0.4 is 5.32 Å². The first kappa shape index (κ1) is 13.8. The Balaban J connectivity index is 2.73. The summed E-state index contributed by atoms with van der Waals surface area (Å²) in [6, 6.07) is 8.10. The van der Waals surface area contributed by atoms with Crippen LogP contribution in [0.5, 0.6) is 0 Å². The highest BCUT2D eigenvalue weighted by Gasteiger charge is 2.10. The van der Waals surface area contributed by atoms with E-state index in [1.54, 1.807) is 0 Å². The standard InChI is InChI=1S/C15H23NO/c1-4-6-11-15(17)16-14-10-8-7-9-13(14)12(3)5-2/h7-10,12H,4-6,11H2,1-3H3,(H,16,17). The number of nitrogens with one attached hydrogen (secondary N) is 1. The lowest BCUT2D eigenvalue weighted by Crippen LogP contribution is -2.13. The smallest absolute Gasteiger partial charge is 0.224 e. The van der Waals surface area contributed by atoms with Crippen molar-refractivity contribution in [1.82, 2.24) is 0 Å². The minimum Gasteiger partial charge on any atom is -0.326 e. The minimum atomic E-state index is 0.127. The Morgan fingerprint density at radius 1 is 1.29 bits per heavy atom. The van der Waals surface area contributed by atoms with Crippen molar-refractivity contribution in [2.75, 3.05) is 5.32 Å². The van der Waals surface area contributed by atoms with Crippen LogP contribution in [-0.4, -0.2) is 5.91 Å². The molecule has 2 nitrogen and oxygen atoms in total. The van der Waals surface area contributed by atoms with E-state index in [4.69, 9.17) is 0 Å². The Morgan fingerprint density at radius 2 is 2.00 bits per heavy atom. The predicted molar refractivity (Wildman–Crippen MR) is 73.3 cm³/mol. The SMILES string of the molecule is CCCCC(=O)Nc1ccccc1C(C)CC. The molecule has 0 aliphatic rings. The van der Waals surface area contributed by atoms with Gasteiger partial charge < -0.3 is 5.32 Å². The van der Waals surface area contributed by atoms with Crippen LogP contribution in [0.1, 0.15) is 57.9 Å². The van der Waals surface area contributed by atoms with Gasteiger partial charge in [0.05, 0.1) is 0 Å². The molecule has 94 valence electrons. The molecule has 17 heavy (non-hydrogen) atoms. The molecular weight excluding hydrogens is 210 g/mol. The number of carbonyl (C=O) groups excluding carboxylic acids is 1. The fourth-order valence-electron chi connectivity index (χ4n) is 1.81. The molecule has 0 heterocycles. The summed E-state index contributed by atoms with van der Waals surface area (Å²) in [5.41, 5.74) is 2.21. The van der Waals surface area contributed by atoms with E-state index in [2.05, 4.69) is 32.2 Å². The Kier molecular flexibility index (Phi) is 5.75. The van der Waals surface area contributed by atoms with Gasteiger partial charge in [0.25, 0.3) is 0 Å². The van der Waals surface area contributed by atoms with Gasteiger partial charge in [0, 0.05) is 12.1 Å². The number of para-hydroxylation sites is 1. The summed E-state index contributed by atoms with van der Waals surface area (Å²) in [5, 5.41) is 3.02. The summed E-state index contributed by atoms with van der Waals surface area (Å²) >= 11 is 0. The van der Waals surface area contributed by atoms with Crippen molar-refractivity contribution in [3.63, 3.8) is 0 Å². The molecule has 0 aliphatic carbocycles. The summed E-state index contributed by atoms with van der Waals surface area (Å²) in [4.78, 5) is 11.7. The lowest BCUT2D eigenvalue weighted by molar-refractivity contribution is -0.116. The molecule has 1 aromatic rings. The normalized spacial score (nSPS) is 12.2. The summed E-state index contributed by atoms with van der Waals surface area (Å²) in [5.74, 6) is 0.611. The first-order valence-electron chi connectivity index (χ1n) is 6.57. The minimum absolute atomic E-state index is 0.127. The average Bonchev–Trinajstić information content (AvgIpc) is 2.36. The molecule has 0 aliphatic heterocycles. The maximum atomic E-state index is 11.7. The molecule has 0 spiro atoms. The number of hydrogen-bond acceptors (Lipinski definition) is 1. The Morgan fingerprint density at radius 3 is 2.65 bits per heavy atom. The lowest BCUT2D eigenvalue weighted by Gasteiger charge is -2.15. The molecule has 2 heteroatoms. The number of unbranched alkanes of at least 4 members (excludes halogenated alkanes) is 1. The van der Waals surface area contributed by atoms with Gasteiger partial charge in [-0.2, -0.15) is 0 Å². The number of hydrogen-bond donors (Lipinski definition) is 1. The highest BCUT2D eigenvalue weighted by Crippen LogP contribution is 2.26. The first-order valence-corrected chi connectivity index (χ1v) is 6.57. The summed E-state index contributed by atoms with van der Waals surface area (Å²) < 4.78 is 0. The average molecular weight is 233 g/mol. The zero-order valence-electron chi connectivity index (χ0n) is 11.1. The van der Waals surface area contributed by atoms with E-state index in [1.807, 2.05) is 18.2 Å². The first-order chi connectivity index (χ1) is 8.19. The maximum absolute atomic E-state index is 11.7. The third kappa shape index (κ3) is 4.22. The molecule has 1 unspecified atom stereocenters. The predicted octanol–water partition coefficient (Wildman–Crippen LogP) is 4.33. The number of rotatable bonds is 6. The Bertz CT molecular complexity index is 360. The molecule has 1 atom stereocenters. The fraction of sp³-hybridized carbons (Fsp3) is 0.533. The molecular formula is C15H23NO. The summed E-state index contributed by atoms with van der Waals surface area (Å²) in [7, 11) is 0. The molecule has 0 aromatic heterocycles. The third-order valence-electron chi connectivity index (χ3n) is 3.14. The molecule has 0 saturated carbocycles. The maximum Gasteiger partial charge on any atom is 0.224 e. The molecule has 1 N–H and O–H groups in total. The zero-order chi connectivity index (χ0) is 12.7. The van der Waals surface area contributed by atoms with Gasteiger partial charge in [-0.15, -0.1) is 0 Å². The topological polar surface area (TPSA) is 29.1 Å². The van der Waals surface area contributed by atoms with Crippen molar-refractivity contribution in [1.29, 1.82) is 0 Å². The van der Waals surface area contributed by atoms with Gasteiger partial charge in [0.15, 0.2) is 0 Å². The van der Waals surface area contributed by atoms with E-state index in [-0.39, 0.29) is 5.91 Å². The van der Waals surface area contributed by atoms with Crippen LogP contribution >= 0.6 is 0 Å². The van der Waals surface area contributed by atoms with E-state index in [9.17, 15) is 4.79 Å². The van der Waals surface area contributed by atoms with Gasteiger partial charge in [0.1, 0.15) is 0 Å². The highest BCUT2D eigenvalue weighted by molar-refractivity contribution is 5.91. The summed E-state index contributed by atoms with van der Waals surface area (Å²) in [6.45, 7) is 6.46. The van der Waals surface area contributed by atoms with E-state index in [1.165, 1.54) is 5.56 Å². The van der Waals surface area contributed by atoms with Crippen LogP contribution in [0.15, 0.2) is 24.3 Å². The second kappa shape index (κ2) is 7.10. The van der Waals surface area contributed by atoms with Gasteiger partial charge in [-0.1, -0.05) is 45.4 Å². The Hall–Kier alpha value is -1.31. The third-order valence-corrected chi connectivity index (χ3v) is 3.14. The molecule has 0 fully saturated rings. The van der Waals surface area contributed by atoms with Gasteiger partial charge >= 0.3 is 0 Å². The van der Waals surface area contributed by atoms with Crippen molar-refractivity contribution in [2.45, 2.75) is 52.4 Å². The van der Waals surface area contributed by atoms with Crippen molar-refractivity contribution in [3.8, 4) is 0 Å². The molecule has 1 amide bonds. The summed E-state index contributed by atoms with van der Waals surface area (Å²) in [6.07, 6.45) is 3.71. The highest BCUT2D eigenvalue weighted by atomic mass is 16.1. The van der Waals surface area contributed by atoms with Crippen LogP contribution in [0.25, 0.3) is 0 Å². The molecule has 1 aromatic carbocycles. The monoisotopic (exact) mass is 233 g/mol. The lowest BCUT2D eigenvalue weighted by atomic mass is 9.97. The van der Waals surface area contributed by atoms with Crippen molar-refractivity contribution < 1.29 is 4.79 Å². The molecule has 0 saturated heterocycles. The van der Waals surface area contributed by atoms with Crippen LogP contribution in [-0.2, 0) is 4.79 Å². The number of anilines is 1. The second-order valence-corrected chi connectivity index (χ2v) is 4.55. The van der Waals surface area contributed by atoms with Gasteiger partial charge in [0.2, 0.25) is 5.91 Å². The van der Waals surface area contributed by atoms with Crippen LogP contribution in [0, 0.1) is 0 Å².